The van der Waals surface area contributed by atoms with Crippen molar-refractivity contribution in [2.75, 3.05) is 0 Å². The van der Waals surface area contributed by atoms with Crippen molar-refractivity contribution >= 4 is 17.4 Å². The monoisotopic (exact) mass is 365 g/mol. The molecule has 0 amide bonds. The molecule has 26 heavy (non-hydrogen) atoms. The van der Waals surface area contributed by atoms with Crippen LogP contribution in [0.2, 0.25) is 0 Å². The lowest BCUT2D eigenvalue weighted by molar-refractivity contribution is 0.616. The second kappa shape index (κ2) is 7.21. The number of hydrogen-bond acceptors (Lipinski definition) is 4. The van der Waals surface area contributed by atoms with Crippen LogP contribution in [0.5, 0.6) is 0 Å². The Labute approximate surface area is 154 Å². The van der Waals surface area contributed by atoms with Crippen LogP contribution >= 0.6 is 11.8 Å². The van der Waals surface area contributed by atoms with Gasteiger partial charge in [-0.2, -0.15) is 0 Å². The van der Waals surface area contributed by atoms with Crippen LogP contribution in [0.25, 0.3) is 5.65 Å². The van der Waals surface area contributed by atoms with E-state index in [0.29, 0.717) is 17.5 Å². The normalized spacial score (nSPS) is 11.3. The number of H-pyrrole nitrogens is 1. The van der Waals surface area contributed by atoms with Crippen molar-refractivity contribution in [1.29, 1.82) is 0 Å². The Balaban J connectivity index is 1.48. The first kappa shape index (κ1) is 16.7. The van der Waals surface area contributed by atoms with E-state index >= 15 is 0 Å². The number of nitrogens with one attached hydrogen (secondary N) is 1. The summed E-state index contributed by atoms with van der Waals surface area (Å²) >= 11 is 1.52. The SMILES string of the molecule is Cc1cccn2cc(CSc3n[nH]c(=O)n3CCc3ccccc3)nc12. The fraction of sp³-hybridized carbons (Fsp3) is 0.211. The number of fused-ring (bicyclic) bond motifs is 1. The van der Waals surface area contributed by atoms with Gasteiger partial charge >= 0.3 is 5.69 Å². The highest BCUT2D eigenvalue weighted by Gasteiger charge is 2.11. The quantitative estimate of drug-likeness (QED) is 0.533. The molecule has 132 valence electrons. The summed E-state index contributed by atoms with van der Waals surface area (Å²) in [5.74, 6) is 0.663. The van der Waals surface area contributed by atoms with Crippen molar-refractivity contribution in [1.82, 2.24) is 24.1 Å². The summed E-state index contributed by atoms with van der Waals surface area (Å²) < 4.78 is 3.72. The summed E-state index contributed by atoms with van der Waals surface area (Å²) in [6, 6.07) is 14.2. The maximum Gasteiger partial charge on any atom is 0.343 e. The van der Waals surface area contributed by atoms with Gasteiger partial charge in [-0.15, -0.1) is 5.10 Å². The molecular weight excluding hydrogens is 346 g/mol. The summed E-state index contributed by atoms with van der Waals surface area (Å²) in [5, 5.41) is 7.42. The van der Waals surface area contributed by atoms with Gasteiger partial charge in [0.05, 0.1) is 5.69 Å². The van der Waals surface area contributed by atoms with Gasteiger partial charge in [-0.3, -0.25) is 4.57 Å². The molecule has 0 bridgehead atoms. The van der Waals surface area contributed by atoms with Gasteiger partial charge in [0.25, 0.3) is 0 Å². The fourth-order valence-corrected chi connectivity index (χ4v) is 3.76. The minimum atomic E-state index is -0.172. The Bertz CT molecular complexity index is 1080. The number of thioether (sulfide) groups is 1. The minimum absolute atomic E-state index is 0.172. The lowest BCUT2D eigenvalue weighted by atomic mass is 10.1. The van der Waals surface area contributed by atoms with Gasteiger partial charge in [0.2, 0.25) is 0 Å². The van der Waals surface area contributed by atoms with E-state index in [2.05, 4.69) is 27.3 Å². The first-order valence-corrected chi connectivity index (χ1v) is 9.44. The van der Waals surface area contributed by atoms with Crippen LogP contribution in [0.3, 0.4) is 0 Å². The van der Waals surface area contributed by atoms with E-state index in [1.807, 2.05) is 54.0 Å². The van der Waals surface area contributed by atoms with Crippen molar-refractivity contribution in [2.24, 2.45) is 0 Å². The van der Waals surface area contributed by atoms with Crippen LogP contribution in [-0.4, -0.2) is 24.1 Å². The minimum Gasteiger partial charge on any atom is -0.307 e. The number of aromatic nitrogens is 5. The average molecular weight is 365 g/mol. The van der Waals surface area contributed by atoms with E-state index in [9.17, 15) is 4.79 Å². The molecule has 1 aromatic carbocycles. The highest BCUT2D eigenvalue weighted by Crippen LogP contribution is 2.20. The predicted octanol–water partition coefficient (Wildman–Crippen LogP) is 3.06. The van der Waals surface area contributed by atoms with E-state index in [-0.39, 0.29) is 5.69 Å². The van der Waals surface area contributed by atoms with Gasteiger partial charge in [-0.1, -0.05) is 48.2 Å². The number of aromatic amines is 1. The molecule has 4 aromatic rings. The number of nitrogens with zero attached hydrogens (tertiary/aromatic N) is 4. The van der Waals surface area contributed by atoms with Crippen LogP contribution in [0.4, 0.5) is 0 Å². The predicted molar refractivity (Wildman–Crippen MR) is 102 cm³/mol. The summed E-state index contributed by atoms with van der Waals surface area (Å²) in [4.78, 5) is 16.7. The highest BCUT2D eigenvalue weighted by atomic mass is 32.2. The van der Waals surface area contributed by atoms with Crippen LogP contribution < -0.4 is 5.69 Å². The summed E-state index contributed by atoms with van der Waals surface area (Å²) in [6.07, 6.45) is 4.81. The number of benzene rings is 1. The molecule has 6 nitrogen and oxygen atoms in total. The second-order valence-electron chi connectivity index (χ2n) is 6.14. The van der Waals surface area contributed by atoms with E-state index in [0.717, 1.165) is 23.3 Å². The van der Waals surface area contributed by atoms with Crippen molar-refractivity contribution in [3.05, 3.63) is 82.2 Å². The third-order valence-electron chi connectivity index (χ3n) is 4.27. The maximum absolute atomic E-state index is 12.1. The molecule has 3 heterocycles. The molecule has 1 N–H and O–H groups in total. The van der Waals surface area contributed by atoms with Gasteiger partial charge in [0.15, 0.2) is 5.16 Å². The Kier molecular flexibility index (Phi) is 4.62. The Morgan fingerprint density at radius 2 is 2.00 bits per heavy atom. The van der Waals surface area contributed by atoms with Gasteiger partial charge < -0.3 is 4.40 Å². The van der Waals surface area contributed by atoms with E-state index in [1.54, 1.807) is 4.57 Å². The van der Waals surface area contributed by atoms with Crippen molar-refractivity contribution in [3.8, 4) is 0 Å². The molecule has 0 atom stereocenters. The molecule has 0 unspecified atom stereocenters. The van der Waals surface area contributed by atoms with E-state index < -0.39 is 0 Å². The molecule has 0 saturated carbocycles. The summed E-state index contributed by atoms with van der Waals surface area (Å²) in [5.41, 5.74) is 4.10. The number of pyridine rings is 1. The van der Waals surface area contributed by atoms with Gasteiger partial charge in [0.1, 0.15) is 5.65 Å². The Hall–Kier alpha value is -2.80. The maximum atomic E-state index is 12.1. The average Bonchev–Trinajstić information content (AvgIpc) is 3.23. The fourth-order valence-electron chi connectivity index (χ4n) is 2.91. The molecule has 4 rings (SSSR count). The zero-order chi connectivity index (χ0) is 17.9. The van der Waals surface area contributed by atoms with Gasteiger partial charge in [-0.05, 0) is 30.5 Å². The largest absolute Gasteiger partial charge is 0.343 e. The zero-order valence-corrected chi connectivity index (χ0v) is 15.2. The lowest BCUT2D eigenvalue weighted by Crippen LogP contribution is -2.18. The van der Waals surface area contributed by atoms with Gasteiger partial charge in [-0.25, -0.2) is 14.9 Å². The van der Waals surface area contributed by atoms with Crippen LogP contribution in [-0.2, 0) is 18.7 Å². The highest BCUT2D eigenvalue weighted by molar-refractivity contribution is 7.98. The first-order chi connectivity index (χ1) is 12.7. The smallest absolute Gasteiger partial charge is 0.307 e. The summed E-state index contributed by atoms with van der Waals surface area (Å²) in [7, 11) is 0. The molecule has 7 heteroatoms. The number of aryl methyl sites for hydroxylation is 2. The molecule has 0 aliphatic rings. The zero-order valence-electron chi connectivity index (χ0n) is 14.4. The third kappa shape index (κ3) is 3.43. The van der Waals surface area contributed by atoms with Crippen LogP contribution in [0, 0.1) is 6.92 Å². The number of rotatable bonds is 6. The molecule has 0 radical (unpaired) electrons. The molecule has 0 saturated heterocycles. The standard InChI is InChI=1S/C19H19N5OS/c1-14-6-5-10-23-12-16(20-17(14)23)13-26-19-22-21-18(25)24(19)11-9-15-7-3-2-4-8-15/h2-8,10,12H,9,11,13H2,1H3,(H,21,25). The molecule has 0 aliphatic carbocycles. The number of imidazole rings is 1. The van der Waals surface area contributed by atoms with E-state index in [4.69, 9.17) is 0 Å². The van der Waals surface area contributed by atoms with Crippen LogP contribution in [0.1, 0.15) is 16.8 Å². The van der Waals surface area contributed by atoms with Gasteiger partial charge in [0, 0.05) is 24.7 Å². The van der Waals surface area contributed by atoms with Crippen molar-refractivity contribution in [3.63, 3.8) is 0 Å². The molecular formula is C19H19N5OS. The summed E-state index contributed by atoms with van der Waals surface area (Å²) in [6.45, 7) is 2.65. The lowest BCUT2D eigenvalue weighted by Gasteiger charge is -2.05. The number of hydrogen-bond donors (Lipinski definition) is 1. The molecule has 3 aromatic heterocycles. The molecule has 0 fully saturated rings. The first-order valence-electron chi connectivity index (χ1n) is 8.46. The Morgan fingerprint density at radius 3 is 2.81 bits per heavy atom. The third-order valence-corrected chi connectivity index (χ3v) is 5.28. The molecule has 0 aliphatic heterocycles. The van der Waals surface area contributed by atoms with Crippen molar-refractivity contribution in [2.45, 2.75) is 30.8 Å². The van der Waals surface area contributed by atoms with E-state index in [1.165, 1.54) is 17.3 Å². The second-order valence-corrected chi connectivity index (χ2v) is 7.08. The molecule has 0 spiro atoms. The van der Waals surface area contributed by atoms with Crippen LogP contribution in [0.15, 0.2) is 64.8 Å². The Morgan fingerprint density at radius 1 is 1.15 bits per heavy atom. The van der Waals surface area contributed by atoms with Crippen molar-refractivity contribution < 1.29 is 0 Å². The topological polar surface area (TPSA) is 68.0 Å².